The molecule has 1 saturated carbocycles. The van der Waals surface area contributed by atoms with Gasteiger partial charge in [-0.3, -0.25) is 4.79 Å². The summed E-state index contributed by atoms with van der Waals surface area (Å²) in [6.45, 7) is 0.349. The summed E-state index contributed by atoms with van der Waals surface area (Å²) in [6, 6.07) is 10.6. The van der Waals surface area contributed by atoms with Crippen LogP contribution in [-0.4, -0.2) is 23.1 Å². The second kappa shape index (κ2) is 6.83. The van der Waals surface area contributed by atoms with Crippen LogP contribution in [0.4, 0.5) is 0 Å². The van der Waals surface area contributed by atoms with E-state index in [1.807, 2.05) is 24.3 Å². The van der Waals surface area contributed by atoms with Crippen molar-refractivity contribution in [2.24, 2.45) is 0 Å². The van der Waals surface area contributed by atoms with Crippen molar-refractivity contribution in [3.05, 3.63) is 51.7 Å². The predicted molar refractivity (Wildman–Crippen MR) is 87.2 cm³/mol. The highest BCUT2D eigenvalue weighted by Crippen LogP contribution is 2.27. The first kappa shape index (κ1) is 15.6. The molecule has 0 radical (unpaired) electrons. The van der Waals surface area contributed by atoms with Crippen LogP contribution in [0.5, 0.6) is 5.75 Å². The van der Waals surface area contributed by atoms with Gasteiger partial charge in [0.25, 0.3) is 5.91 Å². The number of hydrogen-bond acceptors (Lipinski definition) is 4. The van der Waals surface area contributed by atoms with Crippen LogP contribution in [-0.2, 0) is 6.54 Å². The maximum absolute atomic E-state index is 12.1. The average molecular weight is 331 g/mol. The number of carboxylic acids is 1. The second-order valence-corrected chi connectivity index (χ2v) is 6.51. The Hall–Kier alpha value is -2.34. The van der Waals surface area contributed by atoms with E-state index >= 15 is 0 Å². The van der Waals surface area contributed by atoms with E-state index in [4.69, 9.17) is 9.84 Å². The Balaban J connectivity index is 1.63. The first-order valence-electron chi connectivity index (χ1n) is 7.49. The smallest absolute Gasteiger partial charge is 0.345 e. The molecule has 0 bridgehead atoms. The molecular formula is C17H17NO4S. The number of carbonyl (C=O) groups excluding carboxylic acids is 1. The molecule has 1 aromatic heterocycles. The molecule has 0 atom stereocenters. The van der Waals surface area contributed by atoms with Gasteiger partial charge in [0, 0.05) is 12.1 Å². The number of thiophene rings is 1. The van der Waals surface area contributed by atoms with Crippen LogP contribution in [0.2, 0.25) is 0 Å². The van der Waals surface area contributed by atoms with E-state index in [0.29, 0.717) is 11.4 Å². The third-order valence-corrected chi connectivity index (χ3v) is 4.87. The van der Waals surface area contributed by atoms with Crippen molar-refractivity contribution in [3.63, 3.8) is 0 Å². The fourth-order valence-electron chi connectivity index (χ4n) is 2.27. The van der Waals surface area contributed by atoms with Crippen LogP contribution in [0, 0.1) is 0 Å². The number of hydrogen-bond donors (Lipinski definition) is 2. The van der Waals surface area contributed by atoms with E-state index in [2.05, 4.69) is 5.32 Å². The Bertz CT molecular complexity index is 721. The van der Waals surface area contributed by atoms with Crippen molar-refractivity contribution >= 4 is 23.2 Å². The highest BCUT2D eigenvalue weighted by molar-refractivity contribution is 7.15. The number of aromatic carboxylic acids is 1. The topological polar surface area (TPSA) is 75.6 Å². The Morgan fingerprint density at radius 2 is 1.91 bits per heavy atom. The predicted octanol–water partition coefficient (Wildman–Crippen LogP) is 3.31. The van der Waals surface area contributed by atoms with Crippen molar-refractivity contribution in [1.82, 2.24) is 5.32 Å². The van der Waals surface area contributed by atoms with Gasteiger partial charge in [0.2, 0.25) is 0 Å². The summed E-state index contributed by atoms with van der Waals surface area (Å²) in [5, 5.41) is 11.7. The van der Waals surface area contributed by atoms with Crippen molar-refractivity contribution in [2.75, 3.05) is 0 Å². The summed E-state index contributed by atoms with van der Waals surface area (Å²) in [6.07, 6.45) is 3.64. The van der Waals surface area contributed by atoms with Crippen molar-refractivity contribution in [2.45, 2.75) is 31.9 Å². The molecule has 0 saturated heterocycles. The second-order valence-electron chi connectivity index (χ2n) is 5.43. The zero-order valence-electron chi connectivity index (χ0n) is 12.5. The average Bonchev–Trinajstić information content (AvgIpc) is 2.99. The Morgan fingerprint density at radius 3 is 2.57 bits per heavy atom. The van der Waals surface area contributed by atoms with Gasteiger partial charge in [0.15, 0.2) is 0 Å². The molecule has 3 rings (SSSR count). The number of para-hydroxylation sites is 1. The maximum atomic E-state index is 12.1. The number of nitrogens with one attached hydrogen (secondary N) is 1. The van der Waals surface area contributed by atoms with E-state index in [1.54, 1.807) is 0 Å². The maximum Gasteiger partial charge on any atom is 0.345 e. The molecule has 1 fully saturated rings. The van der Waals surface area contributed by atoms with Gasteiger partial charge in [-0.25, -0.2) is 4.79 Å². The molecule has 2 aromatic rings. The monoisotopic (exact) mass is 331 g/mol. The first-order chi connectivity index (χ1) is 11.1. The lowest BCUT2D eigenvalue weighted by Crippen LogP contribution is -2.26. The molecule has 2 N–H and O–H groups in total. The lowest BCUT2D eigenvalue weighted by molar-refractivity contribution is 0.0702. The van der Waals surface area contributed by atoms with E-state index in [9.17, 15) is 9.59 Å². The van der Waals surface area contributed by atoms with Gasteiger partial charge in [-0.2, -0.15) is 0 Å². The molecule has 1 aliphatic rings. The molecule has 1 aromatic carbocycles. The van der Waals surface area contributed by atoms with E-state index < -0.39 is 5.97 Å². The van der Waals surface area contributed by atoms with Gasteiger partial charge < -0.3 is 15.2 Å². The Labute approximate surface area is 137 Å². The molecular weight excluding hydrogens is 314 g/mol. The molecule has 0 unspecified atom stereocenters. The summed E-state index contributed by atoms with van der Waals surface area (Å²) in [4.78, 5) is 23.5. The number of rotatable bonds is 6. The third kappa shape index (κ3) is 3.71. The standard InChI is InChI=1S/C17H17NO4S/c19-16(14-8-9-15(23-14)17(20)21)18-10-11-4-1-2-7-13(11)22-12-5-3-6-12/h1-2,4,7-9,12H,3,5-6,10H2,(H,18,19)(H,20,21). The summed E-state index contributed by atoms with van der Waals surface area (Å²) in [5.41, 5.74) is 0.919. The molecule has 0 aliphatic heterocycles. The van der Waals surface area contributed by atoms with Gasteiger partial charge in [0.1, 0.15) is 10.6 Å². The summed E-state index contributed by atoms with van der Waals surface area (Å²) >= 11 is 0.969. The van der Waals surface area contributed by atoms with Crippen molar-refractivity contribution in [1.29, 1.82) is 0 Å². The number of benzene rings is 1. The van der Waals surface area contributed by atoms with Crippen LogP contribution in [0.25, 0.3) is 0 Å². The molecule has 1 aliphatic carbocycles. The molecule has 5 nitrogen and oxygen atoms in total. The lowest BCUT2D eigenvalue weighted by atomic mass is 9.96. The lowest BCUT2D eigenvalue weighted by Gasteiger charge is -2.27. The largest absolute Gasteiger partial charge is 0.490 e. The molecule has 0 spiro atoms. The zero-order valence-corrected chi connectivity index (χ0v) is 13.3. The van der Waals surface area contributed by atoms with Crippen LogP contribution in [0.3, 0.4) is 0 Å². The minimum Gasteiger partial charge on any atom is -0.490 e. The van der Waals surface area contributed by atoms with E-state index in [-0.39, 0.29) is 16.9 Å². The molecule has 1 amide bonds. The van der Waals surface area contributed by atoms with Gasteiger partial charge in [-0.1, -0.05) is 18.2 Å². The molecule has 120 valence electrons. The minimum absolute atomic E-state index is 0.156. The molecule has 1 heterocycles. The van der Waals surface area contributed by atoms with Gasteiger partial charge in [-0.05, 0) is 37.5 Å². The molecule has 6 heteroatoms. The number of carboxylic acid groups (broad SMARTS) is 1. The van der Waals surface area contributed by atoms with Crippen LogP contribution >= 0.6 is 11.3 Å². The van der Waals surface area contributed by atoms with E-state index in [0.717, 1.165) is 35.5 Å². The fourth-order valence-corrected chi connectivity index (χ4v) is 3.03. The number of carbonyl (C=O) groups is 2. The summed E-state index contributed by atoms with van der Waals surface area (Å²) in [5.74, 6) is -0.496. The van der Waals surface area contributed by atoms with Crippen molar-refractivity contribution in [3.8, 4) is 5.75 Å². The normalized spacial score (nSPS) is 14.1. The van der Waals surface area contributed by atoms with E-state index in [1.165, 1.54) is 18.6 Å². The Morgan fingerprint density at radius 1 is 1.17 bits per heavy atom. The highest BCUT2D eigenvalue weighted by atomic mass is 32.1. The fraction of sp³-hybridized carbons (Fsp3) is 0.294. The van der Waals surface area contributed by atoms with Gasteiger partial charge >= 0.3 is 5.97 Å². The van der Waals surface area contributed by atoms with Crippen LogP contribution in [0.15, 0.2) is 36.4 Å². The number of ether oxygens (including phenoxy) is 1. The van der Waals surface area contributed by atoms with Crippen molar-refractivity contribution < 1.29 is 19.4 Å². The van der Waals surface area contributed by atoms with Crippen LogP contribution in [0.1, 0.15) is 44.2 Å². The first-order valence-corrected chi connectivity index (χ1v) is 8.31. The summed E-state index contributed by atoms with van der Waals surface area (Å²) < 4.78 is 5.93. The quantitative estimate of drug-likeness (QED) is 0.851. The minimum atomic E-state index is -1.02. The Kier molecular flexibility index (Phi) is 4.62. The van der Waals surface area contributed by atoms with Gasteiger partial charge in [-0.15, -0.1) is 11.3 Å². The molecule has 23 heavy (non-hydrogen) atoms. The van der Waals surface area contributed by atoms with Gasteiger partial charge in [0.05, 0.1) is 11.0 Å². The third-order valence-electron chi connectivity index (χ3n) is 3.80. The highest BCUT2D eigenvalue weighted by Gasteiger charge is 2.20. The van der Waals surface area contributed by atoms with Crippen LogP contribution < -0.4 is 10.1 Å². The number of amides is 1. The SMILES string of the molecule is O=C(O)c1ccc(C(=O)NCc2ccccc2OC2CCC2)s1. The zero-order chi connectivity index (χ0) is 16.2. The summed E-state index contributed by atoms with van der Waals surface area (Å²) in [7, 11) is 0.